The molecular formula is C6H14N2O3Zn2+2. The summed E-state index contributed by atoms with van der Waals surface area (Å²) < 4.78 is 0. The van der Waals surface area contributed by atoms with Crippen LogP contribution in [0.25, 0.3) is 0 Å². The van der Waals surface area contributed by atoms with Crippen molar-refractivity contribution in [1.29, 1.82) is 0 Å². The third kappa shape index (κ3) is 15.4. The number of aliphatic carboxylic acids is 1. The molecular weight excluding hydrogens is 279 g/mol. The number of carboxylic acids is 1. The molecule has 0 aliphatic rings. The van der Waals surface area contributed by atoms with Gasteiger partial charge in [0.05, 0.1) is 5.97 Å². The third-order valence-electron chi connectivity index (χ3n) is 1.27. The van der Waals surface area contributed by atoms with Crippen LogP contribution in [-0.2, 0) is 43.8 Å². The van der Waals surface area contributed by atoms with E-state index < -0.39 is 12.0 Å². The molecule has 5 nitrogen and oxygen atoms in total. The Hall–Kier alpha value is 0.597. The Morgan fingerprint density at radius 3 is 2.08 bits per heavy atom. The maximum atomic E-state index is 10.0. The van der Waals surface area contributed by atoms with Crippen LogP contribution in [0.5, 0.6) is 0 Å². The molecule has 68 valence electrons. The molecule has 0 aliphatic carbocycles. The fourth-order valence-corrected chi connectivity index (χ4v) is 0.626. The molecule has 0 saturated heterocycles. The minimum atomic E-state index is -1.18. The predicted octanol–water partition coefficient (Wildman–Crippen LogP) is -1.99. The van der Waals surface area contributed by atoms with Gasteiger partial charge < -0.3 is 26.8 Å². The molecule has 0 radical (unpaired) electrons. The van der Waals surface area contributed by atoms with E-state index in [1.807, 2.05) is 0 Å². The zero-order chi connectivity index (χ0) is 7.98. The van der Waals surface area contributed by atoms with Crippen molar-refractivity contribution in [2.24, 2.45) is 11.5 Å². The van der Waals surface area contributed by atoms with Gasteiger partial charge in [0.15, 0.2) is 0 Å². The van der Waals surface area contributed by atoms with Crippen molar-refractivity contribution in [3.05, 3.63) is 0 Å². The van der Waals surface area contributed by atoms with Crippen LogP contribution in [0.4, 0.5) is 0 Å². The fourth-order valence-electron chi connectivity index (χ4n) is 0.626. The molecule has 0 aromatic rings. The minimum Gasteiger partial charge on any atom is -0.870 e. The largest absolute Gasteiger partial charge is 2.00 e. The van der Waals surface area contributed by atoms with E-state index in [2.05, 4.69) is 0 Å². The fraction of sp³-hybridized carbons (Fsp3) is 0.833. The van der Waals surface area contributed by atoms with E-state index in [0.717, 1.165) is 12.8 Å². The van der Waals surface area contributed by atoms with Gasteiger partial charge in [0.1, 0.15) is 0 Å². The maximum Gasteiger partial charge on any atom is 2.00 e. The molecule has 13 heavy (non-hydrogen) atoms. The number of hydrogen-bond acceptors (Lipinski definition) is 5. The summed E-state index contributed by atoms with van der Waals surface area (Å²) >= 11 is 0. The van der Waals surface area contributed by atoms with Gasteiger partial charge in [0.25, 0.3) is 0 Å². The van der Waals surface area contributed by atoms with Gasteiger partial charge in [-0.2, -0.15) is 0 Å². The standard InChI is InChI=1S/C6H14N2O2.H2O.2Zn/c7-4-2-1-3-5(8)6(9)10;;;/h5H,1-4,7-8H2,(H,9,10);1H2;;/q;;2*+2/p-2/t5-;;;/m0.../s1. The molecule has 0 rings (SSSR count). The summed E-state index contributed by atoms with van der Waals surface area (Å²) in [5.41, 5.74) is 10.3. The van der Waals surface area contributed by atoms with E-state index in [4.69, 9.17) is 11.5 Å². The number of carboxylic acid groups (broad SMARTS) is 1. The van der Waals surface area contributed by atoms with Crippen molar-refractivity contribution in [3.8, 4) is 0 Å². The number of rotatable bonds is 5. The Bertz CT molecular complexity index is 116. The molecule has 5 N–H and O–H groups in total. The number of carbonyl (C=O) groups excluding carboxylic acids is 1. The topological polar surface area (TPSA) is 122 Å². The van der Waals surface area contributed by atoms with Crippen molar-refractivity contribution in [2.75, 3.05) is 6.54 Å². The molecule has 7 heteroatoms. The maximum absolute atomic E-state index is 10.0. The zero-order valence-electron chi connectivity index (χ0n) is 7.74. The first-order chi connectivity index (χ1) is 4.68. The van der Waals surface area contributed by atoms with Gasteiger partial charge in [-0.3, -0.25) is 0 Å². The summed E-state index contributed by atoms with van der Waals surface area (Å²) in [6, 6.07) is -0.827. The van der Waals surface area contributed by atoms with Crippen molar-refractivity contribution in [3.63, 3.8) is 0 Å². The van der Waals surface area contributed by atoms with Crippen LogP contribution in [0.2, 0.25) is 0 Å². The van der Waals surface area contributed by atoms with E-state index in [-0.39, 0.29) is 44.4 Å². The molecule has 0 saturated carbocycles. The van der Waals surface area contributed by atoms with E-state index in [0.29, 0.717) is 13.0 Å². The van der Waals surface area contributed by atoms with Crippen LogP contribution in [0.1, 0.15) is 19.3 Å². The zero-order valence-corrected chi connectivity index (χ0v) is 13.7. The van der Waals surface area contributed by atoms with Gasteiger partial charge in [0.2, 0.25) is 0 Å². The molecule has 0 aromatic heterocycles. The van der Waals surface area contributed by atoms with E-state index in [1.54, 1.807) is 0 Å². The Morgan fingerprint density at radius 2 is 1.77 bits per heavy atom. The van der Waals surface area contributed by atoms with Crippen molar-refractivity contribution in [1.82, 2.24) is 0 Å². The quantitative estimate of drug-likeness (QED) is 0.449. The second-order valence-electron chi connectivity index (χ2n) is 2.21. The summed E-state index contributed by atoms with van der Waals surface area (Å²) in [4.78, 5) is 10.0. The predicted molar refractivity (Wildman–Crippen MR) is 37.8 cm³/mol. The van der Waals surface area contributed by atoms with Crippen molar-refractivity contribution in [2.45, 2.75) is 25.3 Å². The molecule has 0 heterocycles. The van der Waals surface area contributed by atoms with Crippen molar-refractivity contribution >= 4 is 5.97 Å². The molecule has 0 bridgehead atoms. The van der Waals surface area contributed by atoms with E-state index >= 15 is 0 Å². The van der Waals surface area contributed by atoms with Gasteiger partial charge in [0, 0.05) is 6.04 Å². The summed E-state index contributed by atoms with van der Waals surface area (Å²) in [6.45, 7) is 0.583. The smallest absolute Gasteiger partial charge is 0.870 e. The average Bonchev–Trinajstić information content (AvgIpc) is 1.88. The van der Waals surface area contributed by atoms with Gasteiger partial charge in [-0.1, -0.05) is 6.42 Å². The Morgan fingerprint density at radius 1 is 1.31 bits per heavy atom. The first-order valence-corrected chi connectivity index (χ1v) is 3.35. The Kier molecular flexibility index (Phi) is 27.2. The summed E-state index contributed by atoms with van der Waals surface area (Å²) in [5.74, 6) is -1.18. The Balaban J connectivity index is -0.000000135. The number of unbranched alkanes of at least 4 members (excludes halogenated alkanes) is 1. The summed E-state index contributed by atoms with van der Waals surface area (Å²) in [7, 11) is 0. The molecule has 1 atom stereocenters. The monoisotopic (exact) mass is 290 g/mol. The minimum absolute atomic E-state index is 0. The van der Waals surface area contributed by atoms with Gasteiger partial charge in [-0.15, -0.1) is 0 Å². The second kappa shape index (κ2) is 15.1. The number of hydrogen-bond donors (Lipinski definition) is 2. The van der Waals surface area contributed by atoms with Gasteiger partial charge >= 0.3 is 39.0 Å². The SMILES string of the molecule is NCCCC[C@H](N)C(=O)[O-].[OH-].[Zn+2].[Zn+2]. The van der Waals surface area contributed by atoms with Crippen LogP contribution >= 0.6 is 0 Å². The molecule has 0 aliphatic heterocycles. The van der Waals surface area contributed by atoms with E-state index in [1.165, 1.54) is 0 Å². The van der Waals surface area contributed by atoms with E-state index in [9.17, 15) is 9.90 Å². The first kappa shape index (κ1) is 23.4. The summed E-state index contributed by atoms with van der Waals surface area (Å²) in [6.07, 6.45) is 2.03. The Labute approximate surface area is 103 Å². The molecule has 0 spiro atoms. The molecule has 0 amide bonds. The normalized spacial score (nSPS) is 10.0. The number of carbonyl (C=O) groups is 1. The average molecular weight is 293 g/mol. The van der Waals surface area contributed by atoms with Crippen LogP contribution < -0.4 is 16.6 Å². The van der Waals surface area contributed by atoms with Crippen LogP contribution in [0, 0.1) is 0 Å². The summed E-state index contributed by atoms with van der Waals surface area (Å²) in [5, 5.41) is 10.0. The van der Waals surface area contributed by atoms with Crippen LogP contribution in [0.3, 0.4) is 0 Å². The molecule has 0 aromatic carbocycles. The van der Waals surface area contributed by atoms with Crippen LogP contribution in [-0.4, -0.2) is 24.0 Å². The number of nitrogens with two attached hydrogens (primary N) is 2. The van der Waals surface area contributed by atoms with Crippen molar-refractivity contribution < 1.29 is 54.3 Å². The first-order valence-electron chi connectivity index (χ1n) is 3.35. The van der Waals surface area contributed by atoms with Gasteiger partial charge in [-0.25, -0.2) is 0 Å². The third-order valence-corrected chi connectivity index (χ3v) is 1.27. The van der Waals surface area contributed by atoms with Crippen LogP contribution in [0.15, 0.2) is 0 Å². The molecule has 0 fully saturated rings. The van der Waals surface area contributed by atoms with Gasteiger partial charge in [-0.05, 0) is 19.4 Å². The molecule has 0 unspecified atom stereocenters. The second-order valence-corrected chi connectivity index (χ2v) is 2.21.